The van der Waals surface area contributed by atoms with Gasteiger partial charge in [0, 0.05) is 22.6 Å². The summed E-state index contributed by atoms with van der Waals surface area (Å²) in [7, 11) is 0. The number of halogens is 2. The summed E-state index contributed by atoms with van der Waals surface area (Å²) in [6, 6.07) is 13.4. The van der Waals surface area contributed by atoms with E-state index in [2.05, 4.69) is 35.6 Å². The van der Waals surface area contributed by atoms with Gasteiger partial charge in [-0.3, -0.25) is 9.55 Å². The fourth-order valence-corrected chi connectivity index (χ4v) is 3.66. The van der Waals surface area contributed by atoms with E-state index in [-0.39, 0.29) is 11.0 Å². The fourth-order valence-electron chi connectivity index (χ4n) is 3.66. The molecule has 3 heterocycles. The molecule has 0 unspecified atom stereocenters. The molecule has 0 atom stereocenters. The maximum atomic E-state index is 14.8. The third-order valence-corrected chi connectivity index (χ3v) is 5.83. The monoisotopic (exact) mass is 457 g/mol. The molecule has 0 fully saturated rings. The molecule has 0 aliphatic heterocycles. The van der Waals surface area contributed by atoms with Gasteiger partial charge >= 0.3 is 0 Å². The number of nitrogens with zero attached hydrogens (tertiary/aromatic N) is 5. The average molecular weight is 458 g/mol. The zero-order valence-electron chi connectivity index (χ0n) is 19.8. The molecule has 0 saturated heterocycles. The Morgan fingerprint density at radius 3 is 2.18 bits per heavy atom. The Balaban J connectivity index is 1.74. The smallest absolute Gasteiger partial charge is 0.257 e. The Bertz CT molecular complexity index is 1410. The van der Waals surface area contributed by atoms with Crippen molar-refractivity contribution >= 4 is 5.69 Å². The van der Waals surface area contributed by atoms with Crippen LogP contribution in [0, 0.1) is 18.2 Å². The van der Waals surface area contributed by atoms with E-state index in [1.807, 2.05) is 48.9 Å². The van der Waals surface area contributed by atoms with Crippen molar-refractivity contribution in [2.24, 2.45) is 0 Å². The number of benzene rings is 1. The first kappa shape index (κ1) is 23.2. The molecule has 172 valence electrons. The second-order valence-electron chi connectivity index (χ2n) is 9.70. The van der Waals surface area contributed by atoms with Crippen LogP contribution in [0.1, 0.15) is 51.7 Å². The van der Waals surface area contributed by atoms with E-state index >= 15 is 0 Å². The van der Waals surface area contributed by atoms with Crippen LogP contribution in [0.5, 0.6) is 0 Å². The van der Waals surface area contributed by atoms with Crippen LogP contribution in [0.25, 0.3) is 21.9 Å². The minimum Gasteiger partial charge on any atom is -0.290 e. The molecule has 0 radical (unpaired) electrons. The lowest BCUT2D eigenvalue weighted by Gasteiger charge is -2.25. The minimum absolute atomic E-state index is 0.0742. The lowest BCUT2D eigenvalue weighted by molar-refractivity contribution is 0.572. The van der Waals surface area contributed by atoms with Gasteiger partial charge in [0.25, 0.3) is 5.69 Å². The molecule has 7 heteroatoms. The van der Waals surface area contributed by atoms with Gasteiger partial charge in [-0.1, -0.05) is 32.9 Å². The zero-order chi connectivity index (χ0) is 24.7. The minimum atomic E-state index is -0.910. The number of hydrogen-bond acceptors (Lipinski definition) is 3. The Morgan fingerprint density at radius 1 is 0.853 bits per heavy atom. The van der Waals surface area contributed by atoms with Crippen molar-refractivity contribution < 1.29 is 8.78 Å². The van der Waals surface area contributed by atoms with Gasteiger partial charge in [-0.25, -0.2) is 23.6 Å². The highest BCUT2D eigenvalue weighted by atomic mass is 19.1. The summed E-state index contributed by atoms with van der Waals surface area (Å²) in [4.78, 5) is 17.0. The summed E-state index contributed by atoms with van der Waals surface area (Å²) < 4.78 is 30.5. The van der Waals surface area contributed by atoms with Crippen molar-refractivity contribution in [1.29, 1.82) is 0 Å². The zero-order valence-corrected chi connectivity index (χ0v) is 19.8. The van der Waals surface area contributed by atoms with E-state index in [9.17, 15) is 8.78 Å². The number of imidazole rings is 1. The summed E-state index contributed by atoms with van der Waals surface area (Å²) in [6.45, 7) is 17.4. The van der Waals surface area contributed by atoms with Crippen LogP contribution in [0.15, 0.2) is 61.1 Å². The highest BCUT2D eigenvalue weighted by Crippen LogP contribution is 2.34. The molecule has 34 heavy (non-hydrogen) atoms. The molecule has 0 bridgehead atoms. The summed E-state index contributed by atoms with van der Waals surface area (Å²) in [6.07, 6.45) is 3.73. The van der Waals surface area contributed by atoms with Crippen LogP contribution in [0.3, 0.4) is 0 Å². The van der Waals surface area contributed by atoms with Crippen LogP contribution in [-0.4, -0.2) is 19.5 Å². The quantitative estimate of drug-likeness (QED) is 0.317. The van der Waals surface area contributed by atoms with Gasteiger partial charge in [0.2, 0.25) is 0 Å². The van der Waals surface area contributed by atoms with Gasteiger partial charge in [0.05, 0.1) is 29.3 Å². The maximum Gasteiger partial charge on any atom is 0.257 e. The summed E-state index contributed by atoms with van der Waals surface area (Å²) >= 11 is 0. The van der Waals surface area contributed by atoms with Crippen molar-refractivity contribution in [2.75, 3.05) is 0 Å². The Kier molecular flexibility index (Phi) is 5.78. The second-order valence-corrected chi connectivity index (χ2v) is 9.70. The molecule has 4 aromatic rings. The molecule has 4 rings (SSSR count). The van der Waals surface area contributed by atoms with Gasteiger partial charge in [-0.15, -0.1) is 0 Å². The Hall–Kier alpha value is -3.92. The molecule has 0 aliphatic carbocycles. The number of aromatic nitrogens is 4. The molecule has 0 saturated carbocycles. The third kappa shape index (κ3) is 4.19. The first-order chi connectivity index (χ1) is 16.0. The first-order valence-electron chi connectivity index (χ1n) is 10.9. The van der Waals surface area contributed by atoms with E-state index in [0.717, 1.165) is 23.3 Å². The van der Waals surface area contributed by atoms with Crippen molar-refractivity contribution in [1.82, 2.24) is 19.5 Å². The van der Waals surface area contributed by atoms with E-state index < -0.39 is 22.7 Å². The standard InChI is InChI=1S/C27H25F2N5/c1-26(2,3)22-15-34(16-31-22)23-12-8-11-21(33-23)27(4,5)20-10-7-9-19(32-20)17-13-14-18(28)25(30-6)24(17)29/h7-16H,1-5H3. The Morgan fingerprint density at radius 2 is 1.53 bits per heavy atom. The van der Waals surface area contributed by atoms with Crippen molar-refractivity contribution in [3.05, 3.63) is 101 Å². The maximum absolute atomic E-state index is 14.8. The normalized spacial score (nSPS) is 11.9. The lowest BCUT2D eigenvalue weighted by atomic mass is 9.84. The Labute approximate surface area is 198 Å². The third-order valence-electron chi connectivity index (χ3n) is 5.83. The highest BCUT2D eigenvalue weighted by Gasteiger charge is 2.28. The van der Waals surface area contributed by atoms with E-state index in [1.54, 1.807) is 18.5 Å². The SMILES string of the molecule is [C-]#[N+]c1c(F)ccc(-c2cccc(C(C)(C)c3cccc(-n4cnc(C(C)(C)C)c4)n3)n2)c1F. The van der Waals surface area contributed by atoms with Gasteiger partial charge in [0.1, 0.15) is 23.8 Å². The van der Waals surface area contributed by atoms with Crippen molar-refractivity contribution in [3.8, 4) is 17.1 Å². The van der Waals surface area contributed by atoms with Gasteiger partial charge in [-0.2, -0.15) is 0 Å². The van der Waals surface area contributed by atoms with E-state index in [0.29, 0.717) is 11.4 Å². The van der Waals surface area contributed by atoms with Gasteiger partial charge in [-0.05, 0) is 50.2 Å². The van der Waals surface area contributed by atoms with Crippen LogP contribution >= 0.6 is 0 Å². The predicted molar refractivity (Wildman–Crippen MR) is 128 cm³/mol. The van der Waals surface area contributed by atoms with E-state index in [4.69, 9.17) is 11.6 Å². The molecule has 0 amide bonds. The second kappa shape index (κ2) is 8.45. The number of rotatable bonds is 4. The summed E-state index contributed by atoms with van der Waals surface area (Å²) in [5.41, 5.74) is 1.51. The summed E-state index contributed by atoms with van der Waals surface area (Å²) in [5, 5.41) is 0. The van der Waals surface area contributed by atoms with Gasteiger partial charge < -0.3 is 0 Å². The first-order valence-corrected chi connectivity index (χ1v) is 10.9. The molecule has 1 aromatic carbocycles. The molecule has 0 spiro atoms. The average Bonchev–Trinajstić information content (AvgIpc) is 3.31. The molecule has 0 aliphatic rings. The molecule has 3 aromatic heterocycles. The van der Waals surface area contributed by atoms with Crippen LogP contribution in [-0.2, 0) is 10.8 Å². The van der Waals surface area contributed by atoms with Crippen LogP contribution in [0.2, 0.25) is 0 Å². The van der Waals surface area contributed by atoms with Crippen LogP contribution in [0.4, 0.5) is 14.5 Å². The van der Waals surface area contributed by atoms with E-state index in [1.165, 1.54) is 6.07 Å². The number of pyridine rings is 2. The molecule has 0 N–H and O–H groups in total. The van der Waals surface area contributed by atoms with Crippen molar-refractivity contribution in [2.45, 2.75) is 45.4 Å². The number of hydrogen-bond donors (Lipinski definition) is 0. The fraction of sp³-hybridized carbons (Fsp3) is 0.259. The molecule has 5 nitrogen and oxygen atoms in total. The highest BCUT2D eigenvalue weighted by molar-refractivity contribution is 5.67. The topological polar surface area (TPSA) is 48.0 Å². The molecular formula is C27H25F2N5. The van der Waals surface area contributed by atoms with Crippen LogP contribution < -0.4 is 0 Å². The predicted octanol–water partition coefficient (Wildman–Crippen LogP) is 6.78. The summed E-state index contributed by atoms with van der Waals surface area (Å²) in [5.74, 6) is -1.06. The van der Waals surface area contributed by atoms with Crippen molar-refractivity contribution in [3.63, 3.8) is 0 Å². The lowest BCUT2D eigenvalue weighted by Crippen LogP contribution is -2.23. The molecular weight excluding hydrogens is 432 g/mol. The largest absolute Gasteiger partial charge is 0.290 e. The van der Waals surface area contributed by atoms with Gasteiger partial charge in [0.15, 0.2) is 0 Å².